The quantitative estimate of drug-likeness (QED) is 0.379. The summed E-state index contributed by atoms with van der Waals surface area (Å²) < 4.78 is 4.90. The Morgan fingerprint density at radius 3 is 2.50 bits per heavy atom. The van der Waals surface area contributed by atoms with Crippen molar-refractivity contribution in [2.24, 2.45) is 0 Å². The predicted molar refractivity (Wildman–Crippen MR) is 66.3 cm³/mol. The highest BCUT2D eigenvalue weighted by Crippen LogP contribution is 2.06. The Hall–Kier alpha value is 0.170. The Morgan fingerprint density at radius 2 is 1.86 bits per heavy atom. The van der Waals surface area contributed by atoms with E-state index in [4.69, 9.17) is 4.74 Å². The molecular formula is C10H20O2S2. The van der Waals surface area contributed by atoms with Crippen LogP contribution in [0.4, 0.5) is 0 Å². The third kappa shape index (κ3) is 10.3. The molecule has 0 N–H and O–H groups in total. The maximum atomic E-state index is 10.7. The van der Waals surface area contributed by atoms with E-state index in [2.05, 4.69) is 18.9 Å². The molecule has 0 aromatic heterocycles. The number of ether oxygens (including phenoxy) is 1. The SMILES string of the molecule is CSCCCCCCCOC(=O)CS. The maximum absolute atomic E-state index is 10.7. The first-order chi connectivity index (χ1) is 6.81. The van der Waals surface area contributed by atoms with Gasteiger partial charge in [0.2, 0.25) is 0 Å². The minimum absolute atomic E-state index is 0.188. The average molecular weight is 236 g/mol. The monoisotopic (exact) mass is 236 g/mol. The van der Waals surface area contributed by atoms with Gasteiger partial charge in [-0.2, -0.15) is 24.4 Å². The van der Waals surface area contributed by atoms with Gasteiger partial charge in [-0.3, -0.25) is 4.79 Å². The van der Waals surface area contributed by atoms with Crippen LogP contribution in [0.3, 0.4) is 0 Å². The number of thiol groups is 1. The van der Waals surface area contributed by atoms with E-state index in [1.807, 2.05) is 11.8 Å². The molecule has 4 heteroatoms. The van der Waals surface area contributed by atoms with Crippen molar-refractivity contribution in [3.8, 4) is 0 Å². The fraction of sp³-hybridized carbons (Fsp3) is 0.900. The van der Waals surface area contributed by atoms with Crippen molar-refractivity contribution in [2.45, 2.75) is 32.1 Å². The summed E-state index contributed by atoms with van der Waals surface area (Å²) in [7, 11) is 0. The number of carbonyl (C=O) groups excluding carboxylic acids is 1. The van der Waals surface area contributed by atoms with Crippen LogP contribution in [0, 0.1) is 0 Å². The highest BCUT2D eigenvalue weighted by molar-refractivity contribution is 7.98. The summed E-state index contributed by atoms with van der Waals surface area (Å²) in [6, 6.07) is 0. The van der Waals surface area contributed by atoms with Crippen LogP contribution >= 0.6 is 24.4 Å². The first kappa shape index (κ1) is 14.2. The normalized spacial score (nSPS) is 10.1. The lowest BCUT2D eigenvalue weighted by Gasteiger charge is -2.02. The van der Waals surface area contributed by atoms with Gasteiger partial charge in [0.1, 0.15) is 0 Å². The summed E-state index contributed by atoms with van der Waals surface area (Å²) in [5.74, 6) is 1.23. The smallest absolute Gasteiger partial charge is 0.315 e. The molecule has 0 atom stereocenters. The molecule has 0 rings (SSSR count). The molecule has 0 aliphatic carbocycles. The largest absolute Gasteiger partial charge is 0.465 e. The van der Waals surface area contributed by atoms with Gasteiger partial charge < -0.3 is 4.74 Å². The number of carbonyl (C=O) groups is 1. The van der Waals surface area contributed by atoms with Crippen LogP contribution < -0.4 is 0 Å². The minimum Gasteiger partial charge on any atom is -0.465 e. The van der Waals surface area contributed by atoms with Gasteiger partial charge >= 0.3 is 5.97 Å². The van der Waals surface area contributed by atoms with E-state index in [0.717, 1.165) is 12.8 Å². The second kappa shape index (κ2) is 11.2. The first-order valence-corrected chi connectivity index (χ1v) is 7.09. The van der Waals surface area contributed by atoms with Gasteiger partial charge in [0, 0.05) is 0 Å². The van der Waals surface area contributed by atoms with Crippen LogP contribution in [0.5, 0.6) is 0 Å². The van der Waals surface area contributed by atoms with Crippen molar-refractivity contribution in [1.82, 2.24) is 0 Å². The molecule has 84 valence electrons. The standard InChI is InChI=1S/C10H20O2S2/c1-14-8-6-4-2-3-5-7-12-10(11)9-13/h13H,2-9H2,1H3. The van der Waals surface area contributed by atoms with Crippen molar-refractivity contribution in [1.29, 1.82) is 0 Å². The second-order valence-corrected chi connectivity index (χ2v) is 4.44. The third-order valence-electron chi connectivity index (χ3n) is 1.88. The molecule has 0 radical (unpaired) electrons. The van der Waals surface area contributed by atoms with Crippen LogP contribution in [-0.4, -0.2) is 30.3 Å². The molecule has 0 aliphatic heterocycles. The van der Waals surface area contributed by atoms with Gasteiger partial charge in [-0.25, -0.2) is 0 Å². The lowest BCUT2D eigenvalue weighted by molar-refractivity contribution is -0.140. The Balaban J connectivity index is 2.95. The fourth-order valence-electron chi connectivity index (χ4n) is 1.11. The Morgan fingerprint density at radius 1 is 1.21 bits per heavy atom. The minimum atomic E-state index is -0.212. The molecule has 0 unspecified atom stereocenters. The van der Waals surface area contributed by atoms with Gasteiger partial charge in [0.15, 0.2) is 0 Å². The molecule has 2 nitrogen and oxygen atoms in total. The van der Waals surface area contributed by atoms with E-state index in [1.54, 1.807) is 0 Å². The first-order valence-electron chi connectivity index (χ1n) is 5.06. The summed E-state index contributed by atoms with van der Waals surface area (Å²) in [4.78, 5) is 10.7. The molecule has 0 bridgehead atoms. The zero-order valence-corrected chi connectivity index (χ0v) is 10.5. The van der Waals surface area contributed by atoms with Crippen LogP contribution in [-0.2, 0) is 9.53 Å². The summed E-state index contributed by atoms with van der Waals surface area (Å²) in [5, 5.41) is 0. The molecule has 0 amide bonds. The van der Waals surface area contributed by atoms with Crippen LogP contribution in [0.1, 0.15) is 32.1 Å². The molecule has 0 aliphatic rings. The van der Waals surface area contributed by atoms with Gasteiger partial charge in [-0.1, -0.05) is 19.3 Å². The van der Waals surface area contributed by atoms with E-state index >= 15 is 0 Å². The van der Waals surface area contributed by atoms with E-state index in [1.165, 1.54) is 25.0 Å². The molecule has 0 spiro atoms. The number of esters is 1. The summed E-state index contributed by atoms with van der Waals surface area (Å²) in [6.07, 6.45) is 8.13. The predicted octanol–water partition coefficient (Wildman–Crippen LogP) is 2.77. The van der Waals surface area contributed by atoms with Crippen LogP contribution in [0.15, 0.2) is 0 Å². The van der Waals surface area contributed by atoms with Gasteiger partial charge in [0.05, 0.1) is 12.4 Å². The molecular weight excluding hydrogens is 216 g/mol. The number of unbranched alkanes of at least 4 members (excludes halogenated alkanes) is 4. The van der Waals surface area contributed by atoms with Crippen molar-refractivity contribution in [2.75, 3.05) is 24.4 Å². The lowest BCUT2D eigenvalue weighted by atomic mass is 10.2. The van der Waals surface area contributed by atoms with Gasteiger partial charge in [0.25, 0.3) is 0 Å². The van der Waals surface area contributed by atoms with E-state index < -0.39 is 0 Å². The lowest BCUT2D eigenvalue weighted by Crippen LogP contribution is -2.06. The Kier molecular flexibility index (Phi) is 11.4. The summed E-state index contributed by atoms with van der Waals surface area (Å²) >= 11 is 5.72. The zero-order valence-electron chi connectivity index (χ0n) is 8.83. The molecule has 0 aromatic carbocycles. The van der Waals surface area contributed by atoms with Crippen LogP contribution in [0.2, 0.25) is 0 Å². The fourth-order valence-corrected chi connectivity index (χ4v) is 1.69. The number of hydrogen-bond acceptors (Lipinski definition) is 4. The van der Waals surface area contributed by atoms with Crippen molar-refractivity contribution in [3.05, 3.63) is 0 Å². The van der Waals surface area contributed by atoms with Crippen molar-refractivity contribution >= 4 is 30.4 Å². The molecule has 0 heterocycles. The molecule has 0 saturated heterocycles. The summed E-state index contributed by atoms with van der Waals surface area (Å²) in [5.41, 5.74) is 0. The highest BCUT2D eigenvalue weighted by Gasteiger charge is 1.97. The van der Waals surface area contributed by atoms with E-state index in [-0.39, 0.29) is 11.7 Å². The zero-order chi connectivity index (χ0) is 10.6. The highest BCUT2D eigenvalue weighted by atomic mass is 32.2. The maximum Gasteiger partial charge on any atom is 0.315 e. The molecule has 0 saturated carbocycles. The van der Waals surface area contributed by atoms with E-state index in [0.29, 0.717) is 6.61 Å². The average Bonchev–Trinajstić information content (AvgIpc) is 2.21. The van der Waals surface area contributed by atoms with E-state index in [9.17, 15) is 4.79 Å². The summed E-state index contributed by atoms with van der Waals surface area (Å²) in [6.45, 7) is 0.557. The molecule has 14 heavy (non-hydrogen) atoms. The van der Waals surface area contributed by atoms with Crippen molar-refractivity contribution < 1.29 is 9.53 Å². The van der Waals surface area contributed by atoms with Crippen molar-refractivity contribution in [3.63, 3.8) is 0 Å². The Bertz CT molecular complexity index is 140. The molecule has 0 fully saturated rings. The number of rotatable bonds is 9. The topological polar surface area (TPSA) is 26.3 Å². The number of hydrogen-bond donors (Lipinski definition) is 1. The van der Waals surface area contributed by atoms with Gasteiger partial charge in [-0.15, -0.1) is 0 Å². The Labute approximate surface area is 96.6 Å². The van der Waals surface area contributed by atoms with Gasteiger partial charge in [-0.05, 0) is 24.9 Å². The molecule has 0 aromatic rings. The van der Waals surface area contributed by atoms with Crippen LogP contribution in [0.25, 0.3) is 0 Å². The second-order valence-electron chi connectivity index (χ2n) is 3.14. The third-order valence-corrected chi connectivity index (χ3v) is 2.84. The number of thioether (sulfide) groups is 1.